The molecule has 0 aliphatic carbocycles. The molecule has 1 fully saturated rings. The van der Waals surface area contributed by atoms with E-state index in [1.165, 1.54) is 0 Å². The summed E-state index contributed by atoms with van der Waals surface area (Å²) in [6.07, 6.45) is -0.976. The summed E-state index contributed by atoms with van der Waals surface area (Å²) in [5.41, 5.74) is 1.76. The van der Waals surface area contributed by atoms with Gasteiger partial charge in [0, 0.05) is 18.4 Å². The van der Waals surface area contributed by atoms with Crippen molar-refractivity contribution >= 4 is 8.32 Å². The molecule has 0 aromatic heterocycles. The Labute approximate surface area is 209 Å². The third-order valence-electron chi connectivity index (χ3n) is 7.73. The first-order valence-electron chi connectivity index (χ1n) is 12.1. The lowest BCUT2D eigenvalue weighted by Crippen LogP contribution is -2.43. The van der Waals surface area contributed by atoms with Crippen LogP contribution in [0, 0.1) is 11.8 Å². The largest absolute Gasteiger partial charge is 0.493 e. The summed E-state index contributed by atoms with van der Waals surface area (Å²) in [7, 11) is 1.19. The Morgan fingerprint density at radius 3 is 2.40 bits per heavy atom. The molecule has 8 heteroatoms. The van der Waals surface area contributed by atoms with Crippen LogP contribution in [0.5, 0.6) is 23.0 Å². The zero-order chi connectivity index (χ0) is 25.4. The Kier molecular flexibility index (Phi) is 7.38. The second-order valence-corrected chi connectivity index (χ2v) is 15.6. The average molecular weight is 503 g/mol. The van der Waals surface area contributed by atoms with Crippen LogP contribution in [0.25, 0.3) is 0 Å². The van der Waals surface area contributed by atoms with Crippen molar-refractivity contribution in [1.29, 1.82) is 0 Å². The number of aliphatic hydroxyl groups is 1. The first kappa shape index (κ1) is 25.8. The lowest BCUT2D eigenvalue weighted by molar-refractivity contribution is 0.0661. The van der Waals surface area contributed by atoms with Gasteiger partial charge in [0.25, 0.3) is 0 Å². The normalized spacial score (nSPS) is 22.8. The zero-order valence-corrected chi connectivity index (χ0v) is 22.8. The summed E-state index contributed by atoms with van der Waals surface area (Å²) < 4.78 is 34.9. The van der Waals surface area contributed by atoms with E-state index < -0.39 is 14.4 Å². The number of hydrogen-bond acceptors (Lipinski definition) is 7. The minimum Gasteiger partial charge on any atom is -0.493 e. The van der Waals surface area contributed by atoms with Crippen molar-refractivity contribution in [3.8, 4) is 23.0 Å². The fourth-order valence-corrected chi connectivity index (χ4v) is 5.50. The van der Waals surface area contributed by atoms with Gasteiger partial charge in [-0.05, 0) is 53.5 Å². The van der Waals surface area contributed by atoms with E-state index in [1.54, 1.807) is 14.2 Å². The predicted octanol–water partition coefficient (Wildman–Crippen LogP) is 5.49. The Morgan fingerprint density at radius 2 is 1.71 bits per heavy atom. The molecular weight excluding hydrogens is 464 g/mol. The predicted molar refractivity (Wildman–Crippen MR) is 136 cm³/mol. The van der Waals surface area contributed by atoms with Crippen LogP contribution in [0.15, 0.2) is 36.4 Å². The van der Waals surface area contributed by atoms with E-state index in [0.717, 1.165) is 22.6 Å². The van der Waals surface area contributed by atoms with Gasteiger partial charge in [0.05, 0.1) is 33.0 Å². The minimum absolute atomic E-state index is 0.0485. The summed E-state index contributed by atoms with van der Waals surface area (Å²) >= 11 is 0. The molecule has 0 radical (unpaired) electrons. The van der Waals surface area contributed by atoms with Crippen LogP contribution in [-0.2, 0) is 9.16 Å². The van der Waals surface area contributed by atoms with Gasteiger partial charge in [-0.15, -0.1) is 0 Å². The smallest absolute Gasteiger partial charge is 0.231 e. The van der Waals surface area contributed by atoms with Crippen LogP contribution in [0.4, 0.5) is 0 Å². The van der Waals surface area contributed by atoms with Gasteiger partial charge in [0.1, 0.15) is 0 Å². The Morgan fingerprint density at radius 1 is 1.00 bits per heavy atom. The highest BCUT2D eigenvalue weighted by Gasteiger charge is 2.45. The molecule has 4 rings (SSSR count). The standard InChI is InChI=1S/C27H38O7Si/c1-27(2,3)35(6,7)34-15-20-19(25(28)17-8-10-21(29-4)23(12-17)30-5)14-31-26(20)18-9-11-22-24(13-18)33-16-32-22/h8-13,19-20,25-26,28H,14-16H2,1-7H3/t19-,20+,25?,26-/m0/s1. The molecule has 0 bridgehead atoms. The molecule has 0 amide bonds. The molecule has 35 heavy (non-hydrogen) atoms. The highest BCUT2D eigenvalue weighted by atomic mass is 28.4. The van der Waals surface area contributed by atoms with E-state index in [-0.39, 0.29) is 29.8 Å². The first-order chi connectivity index (χ1) is 16.6. The van der Waals surface area contributed by atoms with Gasteiger partial charge in [0.2, 0.25) is 6.79 Å². The summed E-state index contributed by atoms with van der Waals surface area (Å²) in [4.78, 5) is 0. The van der Waals surface area contributed by atoms with E-state index in [4.69, 9.17) is 28.1 Å². The molecule has 1 unspecified atom stereocenters. The van der Waals surface area contributed by atoms with Gasteiger partial charge in [0.15, 0.2) is 31.3 Å². The van der Waals surface area contributed by atoms with Crippen molar-refractivity contribution < 1.29 is 33.2 Å². The van der Waals surface area contributed by atoms with E-state index >= 15 is 0 Å². The van der Waals surface area contributed by atoms with Gasteiger partial charge in [-0.25, -0.2) is 0 Å². The van der Waals surface area contributed by atoms with Crippen LogP contribution in [-0.4, -0.2) is 47.7 Å². The minimum atomic E-state index is -2.01. The fourth-order valence-electron chi connectivity index (χ4n) is 4.46. The number of hydrogen-bond donors (Lipinski definition) is 1. The Bertz CT molecular complexity index is 1030. The molecule has 0 spiro atoms. The number of fused-ring (bicyclic) bond motifs is 1. The maximum absolute atomic E-state index is 11.5. The van der Waals surface area contributed by atoms with Crippen molar-refractivity contribution in [3.63, 3.8) is 0 Å². The summed E-state index contributed by atoms with van der Waals surface area (Å²) in [5.74, 6) is 2.47. The van der Waals surface area contributed by atoms with Crippen molar-refractivity contribution in [2.45, 2.75) is 51.1 Å². The molecule has 1 saturated heterocycles. The van der Waals surface area contributed by atoms with E-state index in [0.29, 0.717) is 24.7 Å². The van der Waals surface area contributed by atoms with Crippen LogP contribution < -0.4 is 18.9 Å². The summed E-state index contributed by atoms with van der Waals surface area (Å²) in [5, 5.41) is 11.6. The molecular formula is C27H38O7Si. The third-order valence-corrected chi connectivity index (χ3v) is 12.2. The highest BCUT2D eigenvalue weighted by molar-refractivity contribution is 6.74. The monoisotopic (exact) mass is 502 g/mol. The van der Waals surface area contributed by atoms with Crippen molar-refractivity contribution in [3.05, 3.63) is 47.5 Å². The SMILES string of the molecule is COc1ccc(C(O)[C@H]2CO[C@@H](c3ccc4c(c3)OCO4)[C@@H]2CO[Si](C)(C)C(C)(C)C)cc1OC. The van der Waals surface area contributed by atoms with Crippen LogP contribution >= 0.6 is 0 Å². The molecule has 2 aliphatic rings. The van der Waals surface area contributed by atoms with Gasteiger partial charge in [-0.3, -0.25) is 0 Å². The number of benzene rings is 2. The fraction of sp³-hybridized carbons (Fsp3) is 0.556. The zero-order valence-electron chi connectivity index (χ0n) is 21.8. The van der Waals surface area contributed by atoms with Crippen molar-refractivity contribution in [2.24, 2.45) is 11.8 Å². The molecule has 2 heterocycles. The van der Waals surface area contributed by atoms with Crippen LogP contribution in [0.2, 0.25) is 18.1 Å². The molecule has 7 nitrogen and oxygen atoms in total. The number of aliphatic hydroxyl groups excluding tert-OH is 1. The molecule has 192 valence electrons. The number of rotatable bonds is 8. The molecule has 4 atom stereocenters. The molecule has 2 aliphatic heterocycles. The van der Waals surface area contributed by atoms with E-state index in [1.807, 2.05) is 36.4 Å². The highest BCUT2D eigenvalue weighted by Crippen LogP contribution is 2.48. The van der Waals surface area contributed by atoms with E-state index in [2.05, 4.69) is 33.9 Å². The number of ether oxygens (including phenoxy) is 5. The van der Waals surface area contributed by atoms with Gasteiger partial charge < -0.3 is 33.2 Å². The third kappa shape index (κ3) is 5.16. The topological polar surface area (TPSA) is 75.6 Å². The second-order valence-electron chi connectivity index (χ2n) is 10.8. The molecule has 0 saturated carbocycles. The lowest BCUT2D eigenvalue weighted by atomic mass is 9.82. The molecule has 2 aromatic carbocycles. The first-order valence-corrected chi connectivity index (χ1v) is 15.0. The summed E-state index contributed by atoms with van der Waals surface area (Å²) in [6.45, 7) is 12.3. The van der Waals surface area contributed by atoms with Crippen molar-refractivity contribution in [2.75, 3.05) is 34.2 Å². The van der Waals surface area contributed by atoms with Gasteiger partial charge in [-0.2, -0.15) is 0 Å². The van der Waals surface area contributed by atoms with Crippen LogP contribution in [0.1, 0.15) is 44.1 Å². The maximum atomic E-state index is 11.5. The van der Waals surface area contributed by atoms with Gasteiger partial charge in [-0.1, -0.05) is 32.9 Å². The molecule has 1 N–H and O–H groups in total. The van der Waals surface area contributed by atoms with E-state index in [9.17, 15) is 5.11 Å². The summed E-state index contributed by atoms with van der Waals surface area (Å²) in [6, 6.07) is 11.5. The average Bonchev–Trinajstić information content (AvgIpc) is 3.47. The van der Waals surface area contributed by atoms with Gasteiger partial charge >= 0.3 is 0 Å². The quantitative estimate of drug-likeness (QED) is 0.478. The van der Waals surface area contributed by atoms with Crippen LogP contribution in [0.3, 0.4) is 0 Å². The van der Waals surface area contributed by atoms with Crippen molar-refractivity contribution in [1.82, 2.24) is 0 Å². The Hall–Kier alpha value is -2.26. The maximum Gasteiger partial charge on any atom is 0.231 e. The molecule has 2 aromatic rings. The second kappa shape index (κ2) is 10.0. The number of methoxy groups -OCH3 is 2. The Balaban J connectivity index is 1.63. The lowest BCUT2D eigenvalue weighted by Gasteiger charge is -2.38.